The molecule has 4 aromatic rings. The minimum atomic E-state index is -0.302. The molecular formula is C20H17N7O2. The van der Waals surface area contributed by atoms with Gasteiger partial charge in [-0.15, -0.1) is 5.10 Å². The number of fused-ring (bicyclic) bond motifs is 1. The number of aromatic nitrogens is 6. The third kappa shape index (κ3) is 3.84. The fourth-order valence-electron chi connectivity index (χ4n) is 2.90. The SMILES string of the molecule is CNC(=O)c1ccc(C(=O)Cc2cc3cc(-c4cn(C)nn4)ccc3nn2)cn1. The number of nitrogens with one attached hydrogen (secondary N) is 1. The van der Waals surface area contributed by atoms with Gasteiger partial charge in [0.25, 0.3) is 5.91 Å². The predicted octanol–water partition coefficient (Wildman–Crippen LogP) is 1.61. The highest BCUT2D eigenvalue weighted by Gasteiger charge is 2.12. The predicted molar refractivity (Wildman–Crippen MR) is 105 cm³/mol. The third-order valence-electron chi connectivity index (χ3n) is 4.42. The van der Waals surface area contributed by atoms with Gasteiger partial charge in [0.2, 0.25) is 0 Å². The first-order valence-corrected chi connectivity index (χ1v) is 8.88. The monoisotopic (exact) mass is 387 g/mol. The maximum atomic E-state index is 12.6. The van der Waals surface area contributed by atoms with Crippen LogP contribution in [0.1, 0.15) is 26.5 Å². The maximum absolute atomic E-state index is 12.6. The molecule has 0 aliphatic heterocycles. The Hall–Kier alpha value is -4.01. The molecule has 0 aliphatic rings. The summed E-state index contributed by atoms with van der Waals surface area (Å²) < 4.78 is 1.64. The van der Waals surface area contributed by atoms with Gasteiger partial charge in [0.1, 0.15) is 11.4 Å². The topological polar surface area (TPSA) is 116 Å². The number of carbonyl (C=O) groups excluding carboxylic acids is 2. The molecule has 0 radical (unpaired) electrons. The molecule has 9 heteroatoms. The van der Waals surface area contributed by atoms with Crippen LogP contribution in [0.4, 0.5) is 0 Å². The number of rotatable bonds is 5. The Morgan fingerprint density at radius 2 is 1.93 bits per heavy atom. The molecule has 0 spiro atoms. The van der Waals surface area contributed by atoms with Crippen LogP contribution >= 0.6 is 0 Å². The molecule has 9 nitrogen and oxygen atoms in total. The quantitative estimate of drug-likeness (QED) is 0.517. The van der Waals surface area contributed by atoms with E-state index in [9.17, 15) is 9.59 Å². The summed E-state index contributed by atoms with van der Waals surface area (Å²) in [6.45, 7) is 0. The van der Waals surface area contributed by atoms with Crippen molar-refractivity contribution < 1.29 is 9.59 Å². The van der Waals surface area contributed by atoms with Crippen LogP contribution in [0.5, 0.6) is 0 Å². The summed E-state index contributed by atoms with van der Waals surface area (Å²) in [6.07, 6.45) is 3.31. The number of pyridine rings is 1. The number of aryl methyl sites for hydroxylation is 1. The van der Waals surface area contributed by atoms with Gasteiger partial charge in [0, 0.05) is 36.8 Å². The molecule has 4 rings (SSSR count). The number of Topliss-reactive ketones (excluding diaryl/α,β-unsaturated/α-hetero) is 1. The van der Waals surface area contributed by atoms with Crippen LogP contribution in [-0.4, -0.2) is 48.9 Å². The molecular weight excluding hydrogens is 370 g/mol. The van der Waals surface area contributed by atoms with Gasteiger partial charge in [0.05, 0.1) is 23.8 Å². The summed E-state index contributed by atoms with van der Waals surface area (Å²) in [6, 6.07) is 10.7. The van der Waals surface area contributed by atoms with Crippen molar-refractivity contribution in [2.45, 2.75) is 6.42 Å². The molecule has 1 amide bonds. The van der Waals surface area contributed by atoms with E-state index in [1.807, 2.05) is 37.5 Å². The molecule has 0 atom stereocenters. The van der Waals surface area contributed by atoms with Crippen molar-refractivity contribution in [1.82, 2.24) is 35.5 Å². The summed E-state index contributed by atoms with van der Waals surface area (Å²) in [4.78, 5) is 28.1. The van der Waals surface area contributed by atoms with Gasteiger partial charge in [-0.2, -0.15) is 10.2 Å². The van der Waals surface area contributed by atoms with Crippen LogP contribution < -0.4 is 5.32 Å². The summed E-state index contributed by atoms with van der Waals surface area (Å²) >= 11 is 0. The fraction of sp³-hybridized carbons (Fsp3) is 0.150. The lowest BCUT2D eigenvalue weighted by atomic mass is 10.1. The summed E-state index contributed by atoms with van der Waals surface area (Å²) in [7, 11) is 3.33. The lowest BCUT2D eigenvalue weighted by molar-refractivity contribution is 0.0953. The van der Waals surface area contributed by atoms with E-state index in [4.69, 9.17) is 0 Å². The molecule has 0 saturated carbocycles. The van der Waals surface area contributed by atoms with E-state index in [0.717, 1.165) is 22.2 Å². The number of nitrogens with zero attached hydrogens (tertiary/aromatic N) is 6. The van der Waals surface area contributed by atoms with Gasteiger partial charge in [-0.1, -0.05) is 11.3 Å². The highest BCUT2D eigenvalue weighted by atomic mass is 16.1. The molecule has 3 heterocycles. The van der Waals surface area contributed by atoms with Crippen LogP contribution in [0, 0.1) is 0 Å². The van der Waals surface area contributed by atoms with E-state index < -0.39 is 0 Å². The minimum Gasteiger partial charge on any atom is -0.354 e. The van der Waals surface area contributed by atoms with Gasteiger partial charge < -0.3 is 5.32 Å². The van der Waals surface area contributed by atoms with Crippen LogP contribution in [-0.2, 0) is 13.5 Å². The summed E-state index contributed by atoms with van der Waals surface area (Å²) in [5, 5.41) is 19.8. The Morgan fingerprint density at radius 3 is 2.62 bits per heavy atom. The van der Waals surface area contributed by atoms with E-state index in [2.05, 4.69) is 30.8 Å². The van der Waals surface area contributed by atoms with Crippen molar-refractivity contribution in [2.75, 3.05) is 7.05 Å². The van der Waals surface area contributed by atoms with Crippen molar-refractivity contribution in [1.29, 1.82) is 0 Å². The van der Waals surface area contributed by atoms with Crippen LogP contribution in [0.15, 0.2) is 48.8 Å². The second kappa shape index (κ2) is 7.55. The molecule has 1 N–H and O–H groups in total. The number of benzene rings is 1. The zero-order valence-corrected chi connectivity index (χ0v) is 15.8. The van der Waals surface area contributed by atoms with Gasteiger partial charge in [0.15, 0.2) is 5.78 Å². The number of hydrogen-bond acceptors (Lipinski definition) is 7. The Labute approximate surface area is 165 Å². The second-order valence-corrected chi connectivity index (χ2v) is 6.50. The van der Waals surface area contributed by atoms with Gasteiger partial charge >= 0.3 is 0 Å². The molecule has 0 bridgehead atoms. The average molecular weight is 387 g/mol. The van der Waals surface area contributed by atoms with Crippen molar-refractivity contribution >= 4 is 22.6 Å². The molecule has 3 aromatic heterocycles. The number of ketones is 1. The number of amides is 1. The molecule has 144 valence electrons. The maximum Gasteiger partial charge on any atom is 0.269 e. The van der Waals surface area contributed by atoms with E-state index in [-0.39, 0.29) is 23.8 Å². The molecule has 0 fully saturated rings. The van der Waals surface area contributed by atoms with Crippen molar-refractivity contribution in [3.8, 4) is 11.3 Å². The Morgan fingerprint density at radius 1 is 1.07 bits per heavy atom. The van der Waals surface area contributed by atoms with Crippen LogP contribution in [0.3, 0.4) is 0 Å². The van der Waals surface area contributed by atoms with Crippen molar-refractivity contribution in [3.63, 3.8) is 0 Å². The molecule has 0 saturated heterocycles. The van der Waals surface area contributed by atoms with E-state index in [0.29, 0.717) is 11.3 Å². The standard InChI is InChI=1S/C20H17N7O2/c1-21-20(29)17-6-4-13(10-22-17)19(28)9-15-8-14-7-12(3-5-16(14)24-23-15)18-11-27(2)26-25-18/h3-8,10-11H,9H2,1-2H3,(H,21,29). The zero-order chi connectivity index (χ0) is 20.4. The van der Waals surface area contributed by atoms with E-state index in [1.54, 1.807) is 10.7 Å². The van der Waals surface area contributed by atoms with Gasteiger partial charge in [-0.25, -0.2) is 0 Å². The summed E-state index contributed by atoms with van der Waals surface area (Å²) in [5.41, 5.74) is 3.61. The highest BCUT2D eigenvalue weighted by Crippen LogP contribution is 2.22. The second-order valence-electron chi connectivity index (χ2n) is 6.50. The molecule has 0 aliphatic carbocycles. The Bertz CT molecular complexity index is 1220. The molecule has 0 unspecified atom stereocenters. The summed E-state index contributed by atoms with van der Waals surface area (Å²) in [5.74, 6) is -0.456. The number of carbonyl (C=O) groups is 2. The Balaban J connectivity index is 1.57. The smallest absolute Gasteiger partial charge is 0.269 e. The van der Waals surface area contributed by atoms with E-state index >= 15 is 0 Å². The van der Waals surface area contributed by atoms with Crippen LogP contribution in [0.25, 0.3) is 22.2 Å². The highest BCUT2D eigenvalue weighted by molar-refractivity contribution is 5.98. The number of hydrogen-bond donors (Lipinski definition) is 1. The molecule has 1 aromatic carbocycles. The van der Waals surface area contributed by atoms with Gasteiger partial charge in [-0.05, 0) is 30.3 Å². The first-order valence-electron chi connectivity index (χ1n) is 8.88. The zero-order valence-electron chi connectivity index (χ0n) is 15.8. The Kier molecular flexibility index (Phi) is 4.78. The first-order chi connectivity index (χ1) is 14.0. The lowest BCUT2D eigenvalue weighted by Crippen LogP contribution is -2.19. The normalized spacial score (nSPS) is 10.8. The first kappa shape index (κ1) is 18.4. The van der Waals surface area contributed by atoms with Crippen molar-refractivity contribution in [2.24, 2.45) is 7.05 Å². The average Bonchev–Trinajstić information content (AvgIpc) is 3.19. The minimum absolute atomic E-state index is 0.0826. The van der Waals surface area contributed by atoms with E-state index in [1.165, 1.54) is 19.3 Å². The largest absolute Gasteiger partial charge is 0.354 e. The van der Waals surface area contributed by atoms with Crippen LogP contribution in [0.2, 0.25) is 0 Å². The third-order valence-corrected chi connectivity index (χ3v) is 4.42. The van der Waals surface area contributed by atoms with Crippen molar-refractivity contribution in [3.05, 3.63) is 65.7 Å². The molecule has 29 heavy (non-hydrogen) atoms. The lowest BCUT2D eigenvalue weighted by Gasteiger charge is -2.04. The fourth-order valence-corrected chi connectivity index (χ4v) is 2.90. The van der Waals surface area contributed by atoms with Gasteiger partial charge in [-0.3, -0.25) is 19.3 Å².